The molecule has 0 aromatic heterocycles. The molecule has 0 bridgehead atoms. The van der Waals surface area contributed by atoms with Crippen molar-refractivity contribution in [3.05, 3.63) is 0 Å². The van der Waals surface area contributed by atoms with Gasteiger partial charge in [0.05, 0.1) is 19.3 Å². The zero-order valence-electron chi connectivity index (χ0n) is 17.2. The molecule has 1 N–H and O–H groups in total. The summed E-state index contributed by atoms with van der Waals surface area (Å²) in [7, 11) is 1.93. The molecule has 0 amide bonds. The van der Waals surface area contributed by atoms with Gasteiger partial charge in [-0.05, 0) is 25.2 Å². The van der Waals surface area contributed by atoms with E-state index >= 15 is 0 Å². The second-order valence-electron chi connectivity index (χ2n) is 9.10. The standard InChI is InChI=1S/C20H36N4O2.HI/c1-20(2)17(16-5-4-10-26-18(16)20)22-19(21-3)24-7-6-15(14-24)13-23-8-11-25-12-9-23;/h15-18H,4-14H2,1-3H3,(H,21,22);1H. The predicted molar refractivity (Wildman–Crippen MR) is 119 cm³/mol. The maximum Gasteiger partial charge on any atom is 0.193 e. The van der Waals surface area contributed by atoms with E-state index in [9.17, 15) is 0 Å². The number of ether oxygens (including phenoxy) is 2. The number of hydrogen-bond acceptors (Lipinski definition) is 4. The quantitative estimate of drug-likeness (QED) is 0.372. The number of likely N-dealkylation sites (tertiary alicyclic amines) is 1. The van der Waals surface area contributed by atoms with Crippen LogP contribution in [0.1, 0.15) is 33.1 Å². The third-order valence-electron chi connectivity index (χ3n) is 7.03. The van der Waals surface area contributed by atoms with Gasteiger partial charge in [-0.2, -0.15) is 0 Å². The summed E-state index contributed by atoms with van der Waals surface area (Å²) in [5.74, 6) is 2.48. The van der Waals surface area contributed by atoms with E-state index in [0.29, 0.717) is 18.1 Å². The molecule has 27 heavy (non-hydrogen) atoms. The van der Waals surface area contributed by atoms with Crippen molar-refractivity contribution in [1.29, 1.82) is 0 Å². The molecule has 4 unspecified atom stereocenters. The average Bonchev–Trinajstić information content (AvgIpc) is 3.11. The predicted octanol–water partition coefficient (Wildman–Crippen LogP) is 2.04. The lowest BCUT2D eigenvalue weighted by Crippen LogP contribution is -2.71. The van der Waals surface area contributed by atoms with Crippen molar-refractivity contribution in [3.63, 3.8) is 0 Å². The number of nitrogens with zero attached hydrogens (tertiary/aromatic N) is 3. The smallest absolute Gasteiger partial charge is 0.193 e. The van der Waals surface area contributed by atoms with E-state index in [1.165, 1.54) is 25.8 Å². The molecule has 3 aliphatic heterocycles. The van der Waals surface area contributed by atoms with Crippen LogP contribution in [0.25, 0.3) is 0 Å². The lowest BCUT2D eigenvalue weighted by atomic mass is 9.55. The van der Waals surface area contributed by atoms with E-state index in [1.807, 2.05) is 7.05 Å². The average molecular weight is 492 g/mol. The molecule has 0 aromatic rings. The monoisotopic (exact) mass is 492 g/mol. The first kappa shape index (κ1) is 21.6. The Kier molecular flexibility index (Phi) is 7.30. The van der Waals surface area contributed by atoms with Gasteiger partial charge in [0.15, 0.2) is 5.96 Å². The Hall–Kier alpha value is -0.120. The highest BCUT2D eigenvalue weighted by Gasteiger charge is 2.58. The van der Waals surface area contributed by atoms with Gasteiger partial charge in [-0.1, -0.05) is 13.8 Å². The first-order valence-corrected chi connectivity index (χ1v) is 10.5. The molecule has 4 atom stereocenters. The highest BCUT2D eigenvalue weighted by Crippen LogP contribution is 2.51. The van der Waals surface area contributed by atoms with Crippen molar-refractivity contribution in [3.8, 4) is 0 Å². The van der Waals surface area contributed by atoms with Crippen LogP contribution in [-0.2, 0) is 9.47 Å². The van der Waals surface area contributed by atoms with Crippen LogP contribution in [0.5, 0.6) is 0 Å². The van der Waals surface area contributed by atoms with Crippen LogP contribution in [0.4, 0.5) is 0 Å². The molecule has 7 heteroatoms. The van der Waals surface area contributed by atoms with Gasteiger partial charge in [0.25, 0.3) is 0 Å². The fraction of sp³-hybridized carbons (Fsp3) is 0.950. The lowest BCUT2D eigenvalue weighted by molar-refractivity contribution is -0.188. The number of fused-ring (bicyclic) bond motifs is 1. The van der Waals surface area contributed by atoms with Gasteiger partial charge >= 0.3 is 0 Å². The van der Waals surface area contributed by atoms with Crippen LogP contribution in [0.2, 0.25) is 0 Å². The summed E-state index contributed by atoms with van der Waals surface area (Å²) >= 11 is 0. The molecule has 6 nitrogen and oxygen atoms in total. The Morgan fingerprint density at radius 2 is 1.93 bits per heavy atom. The van der Waals surface area contributed by atoms with E-state index in [2.05, 4.69) is 34.0 Å². The Balaban J connectivity index is 0.00000210. The second-order valence-corrected chi connectivity index (χ2v) is 9.10. The number of hydrogen-bond donors (Lipinski definition) is 1. The fourth-order valence-corrected chi connectivity index (χ4v) is 5.57. The second kappa shape index (κ2) is 9.13. The number of aliphatic imine (C=N–C) groups is 1. The van der Waals surface area contributed by atoms with Crippen molar-refractivity contribution in [2.75, 3.05) is 59.6 Å². The third-order valence-corrected chi connectivity index (χ3v) is 7.03. The first-order chi connectivity index (χ1) is 12.6. The zero-order chi connectivity index (χ0) is 18.1. The van der Waals surface area contributed by atoms with Gasteiger partial charge in [-0.25, -0.2) is 0 Å². The molecule has 156 valence electrons. The number of nitrogens with one attached hydrogen (secondary N) is 1. The third kappa shape index (κ3) is 4.41. The van der Waals surface area contributed by atoms with Crippen LogP contribution in [0.3, 0.4) is 0 Å². The summed E-state index contributed by atoms with van der Waals surface area (Å²) in [6, 6.07) is 0.477. The maximum atomic E-state index is 6.06. The minimum absolute atomic E-state index is 0. The summed E-state index contributed by atoms with van der Waals surface area (Å²) in [6.07, 6.45) is 4.16. The van der Waals surface area contributed by atoms with Crippen molar-refractivity contribution < 1.29 is 9.47 Å². The molecular formula is C20H37IN4O2. The Bertz CT molecular complexity index is 524. The van der Waals surface area contributed by atoms with Crippen LogP contribution in [0.15, 0.2) is 4.99 Å². The van der Waals surface area contributed by atoms with Gasteiger partial charge in [0.1, 0.15) is 0 Å². The maximum absolute atomic E-state index is 6.06. The summed E-state index contributed by atoms with van der Waals surface area (Å²) in [5, 5.41) is 3.82. The van der Waals surface area contributed by atoms with Gasteiger partial charge in [0, 0.05) is 63.8 Å². The van der Waals surface area contributed by atoms with Crippen LogP contribution >= 0.6 is 24.0 Å². The minimum atomic E-state index is 0. The molecule has 3 heterocycles. The molecule has 4 rings (SSSR count). The highest BCUT2D eigenvalue weighted by molar-refractivity contribution is 14.0. The largest absolute Gasteiger partial charge is 0.379 e. The van der Waals surface area contributed by atoms with Gasteiger partial charge in [-0.3, -0.25) is 9.89 Å². The molecule has 4 aliphatic rings. The molecule has 0 spiro atoms. The number of halogens is 1. The van der Waals surface area contributed by atoms with Crippen LogP contribution < -0.4 is 5.32 Å². The van der Waals surface area contributed by atoms with Crippen molar-refractivity contribution >= 4 is 29.9 Å². The molecule has 1 saturated carbocycles. The molecule has 0 radical (unpaired) electrons. The number of rotatable bonds is 3. The summed E-state index contributed by atoms with van der Waals surface area (Å²) in [4.78, 5) is 9.67. The summed E-state index contributed by atoms with van der Waals surface area (Å²) in [5.41, 5.74) is 0.188. The van der Waals surface area contributed by atoms with E-state index < -0.39 is 0 Å². The van der Waals surface area contributed by atoms with Crippen molar-refractivity contribution in [2.24, 2.45) is 22.2 Å². The summed E-state index contributed by atoms with van der Waals surface area (Å²) < 4.78 is 11.5. The Morgan fingerprint density at radius 1 is 1.15 bits per heavy atom. The molecule has 1 aliphatic carbocycles. The van der Waals surface area contributed by atoms with Crippen LogP contribution in [0, 0.1) is 17.3 Å². The molecule has 3 saturated heterocycles. The van der Waals surface area contributed by atoms with Crippen LogP contribution in [-0.4, -0.2) is 87.5 Å². The Morgan fingerprint density at radius 3 is 2.67 bits per heavy atom. The van der Waals surface area contributed by atoms with Crippen molar-refractivity contribution in [1.82, 2.24) is 15.1 Å². The van der Waals surface area contributed by atoms with Gasteiger partial charge in [-0.15, -0.1) is 24.0 Å². The number of guanidine groups is 1. The van der Waals surface area contributed by atoms with E-state index in [1.54, 1.807) is 0 Å². The fourth-order valence-electron chi connectivity index (χ4n) is 5.57. The Labute approximate surface area is 181 Å². The SMILES string of the molecule is CN=C(NC1C2CCCOC2C1(C)C)N1CCC(CN2CCOCC2)C1.I. The number of morpholine rings is 1. The normalized spacial score (nSPS) is 36.6. The first-order valence-electron chi connectivity index (χ1n) is 10.5. The minimum Gasteiger partial charge on any atom is -0.379 e. The van der Waals surface area contributed by atoms with E-state index in [-0.39, 0.29) is 29.4 Å². The molecule has 4 fully saturated rings. The lowest BCUT2D eigenvalue weighted by Gasteiger charge is -2.60. The molecule has 0 aromatic carbocycles. The van der Waals surface area contributed by atoms with Gasteiger partial charge in [0.2, 0.25) is 0 Å². The van der Waals surface area contributed by atoms with Gasteiger partial charge < -0.3 is 19.7 Å². The topological polar surface area (TPSA) is 49.3 Å². The van der Waals surface area contributed by atoms with E-state index in [4.69, 9.17) is 9.47 Å². The van der Waals surface area contributed by atoms with E-state index in [0.717, 1.165) is 57.9 Å². The highest BCUT2D eigenvalue weighted by atomic mass is 127. The zero-order valence-corrected chi connectivity index (χ0v) is 19.5. The molecular weight excluding hydrogens is 455 g/mol. The van der Waals surface area contributed by atoms with Crippen molar-refractivity contribution in [2.45, 2.75) is 45.3 Å². The summed E-state index contributed by atoms with van der Waals surface area (Å²) in [6.45, 7) is 13.0.